The Hall–Kier alpha value is -0.880. The highest BCUT2D eigenvalue weighted by molar-refractivity contribution is 7.88. The Labute approximate surface area is 84.2 Å². The van der Waals surface area contributed by atoms with Crippen molar-refractivity contribution in [3.05, 3.63) is 12.2 Å². The van der Waals surface area contributed by atoms with E-state index in [0.29, 0.717) is 0 Å². The lowest BCUT2D eigenvalue weighted by Gasteiger charge is -2.12. The SMILES string of the molecule is C=C(C)C(=O)OC(C)CNS(C)(=O)=O. The molecular weight excluding hydrogens is 206 g/mol. The van der Waals surface area contributed by atoms with Gasteiger partial charge in [-0.25, -0.2) is 17.9 Å². The summed E-state index contributed by atoms with van der Waals surface area (Å²) in [5, 5.41) is 0. The third-order valence-electron chi connectivity index (χ3n) is 1.29. The number of rotatable bonds is 5. The number of hydrogen-bond acceptors (Lipinski definition) is 4. The van der Waals surface area contributed by atoms with Gasteiger partial charge in [-0.15, -0.1) is 0 Å². The Bertz CT molecular complexity index is 320. The first-order chi connectivity index (χ1) is 6.22. The molecular formula is C8H15NO4S. The van der Waals surface area contributed by atoms with Crippen LogP contribution in [0.1, 0.15) is 13.8 Å². The minimum atomic E-state index is -3.24. The molecule has 0 aromatic rings. The van der Waals surface area contributed by atoms with Gasteiger partial charge >= 0.3 is 5.97 Å². The summed E-state index contributed by atoms with van der Waals surface area (Å²) in [5.41, 5.74) is 0.288. The van der Waals surface area contributed by atoms with Gasteiger partial charge in [-0.05, 0) is 13.8 Å². The molecule has 0 aliphatic carbocycles. The van der Waals surface area contributed by atoms with Crippen LogP contribution in [0, 0.1) is 0 Å². The number of carbonyl (C=O) groups is 1. The van der Waals surface area contributed by atoms with Crippen LogP contribution in [0.3, 0.4) is 0 Å². The second kappa shape index (κ2) is 5.11. The Balaban J connectivity index is 3.94. The third-order valence-corrected chi connectivity index (χ3v) is 1.98. The van der Waals surface area contributed by atoms with Crippen molar-refractivity contribution in [1.29, 1.82) is 0 Å². The minimum absolute atomic E-state index is 0.0673. The molecule has 1 N–H and O–H groups in total. The molecule has 6 heteroatoms. The topological polar surface area (TPSA) is 72.5 Å². The van der Waals surface area contributed by atoms with Gasteiger partial charge in [0.1, 0.15) is 6.10 Å². The minimum Gasteiger partial charge on any atom is -0.458 e. The number of sulfonamides is 1. The maximum absolute atomic E-state index is 11.0. The van der Waals surface area contributed by atoms with Crippen molar-refractivity contribution in [2.75, 3.05) is 12.8 Å². The van der Waals surface area contributed by atoms with Crippen LogP contribution >= 0.6 is 0 Å². The van der Waals surface area contributed by atoms with Gasteiger partial charge in [0, 0.05) is 12.1 Å². The van der Waals surface area contributed by atoms with E-state index in [4.69, 9.17) is 4.74 Å². The molecule has 0 spiro atoms. The first-order valence-corrected chi connectivity index (χ1v) is 5.92. The molecule has 82 valence electrons. The number of nitrogens with one attached hydrogen (secondary N) is 1. The van der Waals surface area contributed by atoms with Crippen LogP contribution in [0.4, 0.5) is 0 Å². The second-order valence-corrected chi connectivity index (χ2v) is 4.95. The fourth-order valence-corrected chi connectivity index (χ4v) is 1.13. The molecule has 0 aromatic carbocycles. The highest BCUT2D eigenvalue weighted by Crippen LogP contribution is 1.97. The van der Waals surface area contributed by atoms with Crippen molar-refractivity contribution >= 4 is 16.0 Å². The molecule has 1 atom stereocenters. The average Bonchev–Trinajstić information content (AvgIpc) is 1.99. The summed E-state index contributed by atoms with van der Waals surface area (Å²) < 4.78 is 28.4. The van der Waals surface area contributed by atoms with Gasteiger partial charge in [0.15, 0.2) is 0 Å². The van der Waals surface area contributed by atoms with Crippen molar-refractivity contribution in [3.63, 3.8) is 0 Å². The fraction of sp³-hybridized carbons (Fsp3) is 0.625. The van der Waals surface area contributed by atoms with Crippen molar-refractivity contribution in [2.45, 2.75) is 20.0 Å². The van der Waals surface area contributed by atoms with E-state index in [9.17, 15) is 13.2 Å². The lowest BCUT2D eigenvalue weighted by Crippen LogP contribution is -2.32. The van der Waals surface area contributed by atoms with Crippen LogP contribution in [0.2, 0.25) is 0 Å². The van der Waals surface area contributed by atoms with Crippen molar-refractivity contribution in [1.82, 2.24) is 4.72 Å². The molecule has 0 aliphatic rings. The first kappa shape index (κ1) is 13.1. The second-order valence-electron chi connectivity index (χ2n) is 3.12. The van der Waals surface area contributed by atoms with Crippen molar-refractivity contribution in [2.24, 2.45) is 0 Å². The van der Waals surface area contributed by atoms with Gasteiger partial charge in [-0.3, -0.25) is 0 Å². The monoisotopic (exact) mass is 221 g/mol. The molecule has 5 nitrogen and oxygen atoms in total. The summed E-state index contributed by atoms with van der Waals surface area (Å²) in [7, 11) is -3.24. The maximum atomic E-state index is 11.0. The van der Waals surface area contributed by atoms with E-state index in [1.165, 1.54) is 6.92 Å². The van der Waals surface area contributed by atoms with Crippen LogP contribution < -0.4 is 4.72 Å². The van der Waals surface area contributed by atoms with E-state index in [0.717, 1.165) is 6.26 Å². The predicted molar refractivity (Wildman–Crippen MR) is 53.2 cm³/mol. The first-order valence-electron chi connectivity index (χ1n) is 4.03. The molecule has 0 heterocycles. The summed E-state index contributed by atoms with van der Waals surface area (Å²) in [4.78, 5) is 11.0. The van der Waals surface area contributed by atoms with Gasteiger partial charge in [0.2, 0.25) is 10.0 Å². The molecule has 0 saturated carbocycles. The van der Waals surface area contributed by atoms with E-state index in [2.05, 4.69) is 11.3 Å². The zero-order valence-corrected chi connectivity index (χ0v) is 9.35. The molecule has 0 radical (unpaired) electrons. The molecule has 0 rings (SSSR count). The number of ether oxygens (including phenoxy) is 1. The molecule has 0 aliphatic heterocycles. The van der Waals surface area contributed by atoms with Crippen LogP contribution in [-0.4, -0.2) is 33.3 Å². The molecule has 0 aromatic heterocycles. The average molecular weight is 221 g/mol. The predicted octanol–water partition coefficient (Wildman–Crippen LogP) is 0.0434. The summed E-state index contributed by atoms with van der Waals surface area (Å²) in [6.07, 6.45) is 0.536. The van der Waals surface area contributed by atoms with Crippen molar-refractivity contribution in [3.8, 4) is 0 Å². The third kappa shape index (κ3) is 6.62. The lowest BCUT2D eigenvalue weighted by atomic mass is 10.3. The van der Waals surface area contributed by atoms with Crippen LogP contribution in [0.5, 0.6) is 0 Å². The van der Waals surface area contributed by atoms with Gasteiger partial charge in [0.25, 0.3) is 0 Å². The van der Waals surface area contributed by atoms with E-state index < -0.39 is 22.1 Å². The van der Waals surface area contributed by atoms with Crippen LogP contribution in [0.25, 0.3) is 0 Å². The van der Waals surface area contributed by atoms with Gasteiger partial charge < -0.3 is 4.74 Å². The Morgan fingerprint density at radius 2 is 2.07 bits per heavy atom. The van der Waals surface area contributed by atoms with E-state index in [1.807, 2.05) is 0 Å². The normalized spacial score (nSPS) is 13.4. The van der Waals surface area contributed by atoms with Crippen LogP contribution in [0.15, 0.2) is 12.2 Å². The summed E-state index contributed by atoms with van der Waals surface area (Å²) in [5.74, 6) is -0.521. The largest absolute Gasteiger partial charge is 0.458 e. The molecule has 1 unspecified atom stereocenters. The van der Waals surface area contributed by atoms with Crippen molar-refractivity contribution < 1.29 is 17.9 Å². The highest BCUT2D eigenvalue weighted by atomic mass is 32.2. The number of esters is 1. The van der Waals surface area contributed by atoms with Gasteiger partial charge in [0.05, 0.1) is 6.26 Å². The zero-order valence-electron chi connectivity index (χ0n) is 8.53. The summed E-state index contributed by atoms with van der Waals surface area (Å²) in [6.45, 7) is 6.59. The number of carbonyl (C=O) groups excluding carboxylic acids is 1. The smallest absolute Gasteiger partial charge is 0.333 e. The van der Waals surface area contributed by atoms with Gasteiger partial charge in [-0.2, -0.15) is 0 Å². The van der Waals surface area contributed by atoms with Gasteiger partial charge in [-0.1, -0.05) is 6.58 Å². The maximum Gasteiger partial charge on any atom is 0.333 e. The number of hydrogen-bond donors (Lipinski definition) is 1. The van der Waals surface area contributed by atoms with Crippen LogP contribution in [-0.2, 0) is 19.6 Å². The molecule has 14 heavy (non-hydrogen) atoms. The summed E-state index contributed by atoms with van der Waals surface area (Å²) >= 11 is 0. The summed E-state index contributed by atoms with van der Waals surface area (Å²) in [6, 6.07) is 0. The Morgan fingerprint density at radius 3 is 2.43 bits per heavy atom. The van der Waals surface area contributed by atoms with E-state index in [1.54, 1.807) is 6.92 Å². The highest BCUT2D eigenvalue weighted by Gasteiger charge is 2.11. The molecule has 0 fully saturated rings. The quantitative estimate of drug-likeness (QED) is 0.525. The van der Waals surface area contributed by atoms with E-state index >= 15 is 0 Å². The lowest BCUT2D eigenvalue weighted by molar-refractivity contribution is -0.143. The Morgan fingerprint density at radius 1 is 1.57 bits per heavy atom. The zero-order chi connectivity index (χ0) is 11.4. The molecule has 0 bridgehead atoms. The Kier molecular flexibility index (Phi) is 4.79. The standard InChI is InChI=1S/C8H15NO4S/c1-6(2)8(10)13-7(3)5-9-14(4,11)12/h7,9H,1,5H2,2-4H3. The van der Waals surface area contributed by atoms with E-state index in [-0.39, 0.29) is 12.1 Å². The fourth-order valence-electron chi connectivity index (χ4n) is 0.594. The molecule has 0 amide bonds. The molecule has 0 saturated heterocycles.